The van der Waals surface area contributed by atoms with E-state index in [-0.39, 0.29) is 17.2 Å². The van der Waals surface area contributed by atoms with Gasteiger partial charge in [-0.3, -0.25) is 9.59 Å². The molecule has 0 bridgehead atoms. The van der Waals surface area contributed by atoms with Gasteiger partial charge in [-0.05, 0) is 36.6 Å². The summed E-state index contributed by atoms with van der Waals surface area (Å²) in [6.45, 7) is 3.80. The van der Waals surface area contributed by atoms with E-state index in [0.29, 0.717) is 12.0 Å². The molecule has 0 aliphatic rings. The molecule has 0 radical (unpaired) electrons. The fourth-order valence-corrected chi connectivity index (χ4v) is 2.50. The average molecular weight is 379 g/mol. The summed E-state index contributed by atoms with van der Waals surface area (Å²) in [7, 11) is 0. The standard InChI is InChI=1S/C19H20F3N3O2/c1-11(2)10-15(17(23)26)25-18(27)13-8-6-12(7-9-13)14-4-3-5-16(24-14)19(20,21)22/h3-9,11,15H,10H2,1-2H3,(H2,23,26)(H,25,27). The van der Waals surface area contributed by atoms with Crippen molar-refractivity contribution >= 4 is 11.8 Å². The second-order valence-corrected chi connectivity index (χ2v) is 6.54. The summed E-state index contributed by atoms with van der Waals surface area (Å²) >= 11 is 0. The Balaban J connectivity index is 2.17. The summed E-state index contributed by atoms with van der Waals surface area (Å²) < 4.78 is 38.3. The highest BCUT2D eigenvalue weighted by atomic mass is 19.4. The van der Waals surface area contributed by atoms with Crippen LogP contribution in [0.25, 0.3) is 11.3 Å². The lowest BCUT2D eigenvalue weighted by Gasteiger charge is -2.17. The Morgan fingerprint density at radius 2 is 1.74 bits per heavy atom. The van der Waals surface area contributed by atoms with E-state index in [1.165, 1.54) is 36.4 Å². The lowest BCUT2D eigenvalue weighted by molar-refractivity contribution is -0.141. The summed E-state index contributed by atoms with van der Waals surface area (Å²) in [6.07, 6.45) is -4.12. The number of nitrogens with two attached hydrogens (primary N) is 1. The SMILES string of the molecule is CC(C)CC(NC(=O)c1ccc(-c2cccc(C(F)(F)F)n2)cc1)C(N)=O. The quantitative estimate of drug-likeness (QED) is 0.807. The van der Waals surface area contributed by atoms with Gasteiger partial charge in [0.05, 0.1) is 5.69 Å². The lowest BCUT2D eigenvalue weighted by Crippen LogP contribution is -2.45. The van der Waals surface area contributed by atoms with Gasteiger partial charge in [0, 0.05) is 11.1 Å². The smallest absolute Gasteiger partial charge is 0.368 e. The molecule has 0 aliphatic carbocycles. The first-order valence-corrected chi connectivity index (χ1v) is 8.33. The Labute approximate surface area is 154 Å². The molecule has 1 atom stereocenters. The molecule has 2 amide bonds. The third kappa shape index (κ3) is 5.54. The molecule has 1 aromatic carbocycles. The number of halogens is 3. The predicted molar refractivity (Wildman–Crippen MR) is 94.6 cm³/mol. The summed E-state index contributed by atoms with van der Waals surface area (Å²) in [5.74, 6) is -0.943. The minimum atomic E-state index is -4.53. The number of aromatic nitrogens is 1. The molecule has 0 fully saturated rings. The second kappa shape index (κ2) is 8.20. The molecule has 1 unspecified atom stereocenters. The van der Waals surface area contributed by atoms with Crippen molar-refractivity contribution in [3.8, 4) is 11.3 Å². The van der Waals surface area contributed by atoms with Crippen molar-refractivity contribution in [3.63, 3.8) is 0 Å². The summed E-state index contributed by atoms with van der Waals surface area (Å²) in [5, 5.41) is 2.57. The minimum Gasteiger partial charge on any atom is -0.368 e. The van der Waals surface area contributed by atoms with Gasteiger partial charge in [0.25, 0.3) is 5.91 Å². The van der Waals surface area contributed by atoms with Crippen molar-refractivity contribution in [2.24, 2.45) is 11.7 Å². The molecule has 1 aromatic heterocycles. The van der Waals surface area contributed by atoms with E-state index >= 15 is 0 Å². The van der Waals surface area contributed by atoms with Crippen LogP contribution in [0.5, 0.6) is 0 Å². The van der Waals surface area contributed by atoms with Crippen molar-refractivity contribution < 1.29 is 22.8 Å². The van der Waals surface area contributed by atoms with Crippen molar-refractivity contribution in [2.45, 2.75) is 32.5 Å². The van der Waals surface area contributed by atoms with E-state index in [1.54, 1.807) is 0 Å². The highest BCUT2D eigenvalue weighted by Crippen LogP contribution is 2.29. The average Bonchev–Trinajstić information content (AvgIpc) is 2.60. The molecule has 5 nitrogen and oxygen atoms in total. The minimum absolute atomic E-state index is 0.145. The van der Waals surface area contributed by atoms with E-state index in [1.807, 2.05) is 13.8 Å². The van der Waals surface area contributed by atoms with E-state index in [0.717, 1.165) is 6.07 Å². The van der Waals surface area contributed by atoms with Crippen LogP contribution in [0.2, 0.25) is 0 Å². The molecule has 8 heteroatoms. The topological polar surface area (TPSA) is 85.1 Å². The first-order chi connectivity index (χ1) is 12.6. The molecular formula is C19H20F3N3O2. The number of primary amides is 1. The zero-order valence-corrected chi connectivity index (χ0v) is 14.9. The normalized spacial score (nSPS) is 12.7. The molecule has 144 valence electrons. The fourth-order valence-electron chi connectivity index (χ4n) is 2.50. The number of hydrogen-bond acceptors (Lipinski definition) is 3. The number of carbonyl (C=O) groups excluding carboxylic acids is 2. The molecule has 27 heavy (non-hydrogen) atoms. The molecule has 0 spiro atoms. The number of carbonyl (C=O) groups is 2. The summed E-state index contributed by atoms with van der Waals surface area (Å²) in [5.41, 5.74) is 5.17. The lowest BCUT2D eigenvalue weighted by atomic mass is 10.0. The van der Waals surface area contributed by atoms with Crippen LogP contribution in [-0.4, -0.2) is 22.8 Å². The Morgan fingerprint density at radius 1 is 1.11 bits per heavy atom. The first-order valence-electron chi connectivity index (χ1n) is 8.33. The van der Waals surface area contributed by atoms with Gasteiger partial charge in [-0.1, -0.05) is 32.0 Å². The number of hydrogen-bond donors (Lipinski definition) is 2. The van der Waals surface area contributed by atoms with Crippen LogP contribution in [0.1, 0.15) is 36.3 Å². The van der Waals surface area contributed by atoms with Gasteiger partial charge < -0.3 is 11.1 Å². The second-order valence-electron chi connectivity index (χ2n) is 6.54. The number of nitrogens with zero attached hydrogens (tertiary/aromatic N) is 1. The number of benzene rings is 1. The van der Waals surface area contributed by atoms with Gasteiger partial charge in [-0.2, -0.15) is 13.2 Å². The molecule has 3 N–H and O–H groups in total. The van der Waals surface area contributed by atoms with E-state index in [4.69, 9.17) is 5.73 Å². The third-order valence-corrected chi connectivity index (χ3v) is 3.84. The third-order valence-electron chi connectivity index (χ3n) is 3.84. The van der Waals surface area contributed by atoms with Crippen molar-refractivity contribution in [3.05, 3.63) is 53.7 Å². The van der Waals surface area contributed by atoms with E-state index < -0.39 is 29.7 Å². The Morgan fingerprint density at radius 3 is 2.26 bits per heavy atom. The maximum Gasteiger partial charge on any atom is 0.433 e. The van der Waals surface area contributed by atoms with Crippen molar-refractivity contribution in [1.29, 1.82) is 0 Å². The Hall–Kier alpha value is -2.90. The number of nitrogens with one attached hydrogen (secondary N) is 1. The number of amides is 2. The number of pyridine rings is 1. The van der Waals surface area contributed by atoms with Crippen LogP contribution >= 0.6 is 0 Å². The largest absolute Gasteiger partial charge is 0.433 e. The van der Waals surface area contributed by atoms with E-state index in [2.05, 4.69) is 10.3 Å². The maximum absolute atomic E-state index is 12.8. The zero-order valence-electron chi connectivity index (χ0n) is 14.9. The van der Waals surface area contributed by atoms with Gasteiger partial charge >= 0.3 is 6.18 Å². The van der Waals surface area contributed by atoms with Gasteiger partial charge in [-0.15, -0.1) is 0 Å². The number of rotatable bonds is 6. The molecule has 2 aromatic rings. The Kier molecular flexibility index (Phi) is 6.20. The molecule has 0 saturated heterocycles. The van der Waals surface area contributed by atoms with Gasteiger partial charge in [-0.25, -0.2) is 4.98 Å². The first kappa shape index (κ1) is 20.4. The number of alkyl halides is 3. The molecule has 2 rings (SSSR count). The summed E-state index contributed by atoms with van der Waals surface area (Å²) in [6, 6.07) is 8.75. The highest BCUT2D eigenvalue weighted by Gasteiger charge is 2.32. The Bertz CT molecular complexity index is 818. The van der Waals surface area contributed by atoms with Crippen molar-refractivity contribution in [1.82, 2.24) is 10.3 Å². The molecular weight excluding hydrogens is 359 g/mol. The van der Waals surface area contributed by atoms with E-state index in [9.17, 15) is 22.8 Å². The van der Waals surface area contributed by atoms with Gasteiger partial charge in [0.2, 0.25) is 5.91 Å². The van der Waals surface area contributed by atoms with Gasteiger partial charge in [0.15, 0.2) is 0 Å². The monoisotopic (exact) mass is 379 g/mol. The fraction of sp³-hybridized carbons (Fsp3) is 0.316. The maximum atomic E-state index is 12.8. The zero-order chi connectivity index (χ0) is 20.2. The van der Waals surface area contributed by atoms with Crippen LogP contribution < -0.4 is 11.1 Å². The molecule has 0 aliphatic heterocycles. The van der Waals surface area contributed by atoms with Crippen LogP contribution in [-0.2, 0) is 11.0 Å². The molecule has 0 saturated carbocycles. The summed E-state index contributed by atoms with van der Waals surface area (Å²) in [4.78, 5) is 27.4. The van der Waals surface area contributed by atoms with Crippen molar-refractivity contribution in [2.75, 3.05) is 0 Å². The van der Waals surface area contributed by atoms with Crippen LogP contribution in [0, 0.1) is 5.92 Å². The van der Waals surface area contributed by atoms with Crippen LogP contribution in [0.3, 0.4) is 0 Å². The van der Waals surface area contributed by atoms with Crippen LogP contribution in [0.15, 0.2) is 42.5 Å². The highest BCUT2D eigenvalue weighted by molar-refractivity contribution is 5.97. The molecule has 1 heterocycles. The van der Waals surface area contributed by atoms with Gasteiger partial charge in [0.1, 0.15) is 11.7 Å². The predicted octanol–water partition coefficient (Wildman–Crippen LogP) is 3.40. The van der Waals surface area contributed by atoms with Crippen LogP contribution in [0.4, 0.5) is 13.2 Å².